The first kappa shape index (κ1) is 19.1. The summed E-state index contributed by atoms with van der Waals surface area (Å²) < 4.78 is 43.3. The first-order valence-corrected chi connectivity index (χ1v) is 7.03. The van der Waals surface area contributed by atoms with Gasteiger partial charge in [-0.05, 0) is 27.2 Å². The first-order valence-electron chi connectivity index (χ1n) is 7.03. The molecule has 0 aromatic rings. The lowest BCUT2D eigenvalue weighted by atomic mass is 10.2. The van der Waals surface area contributed by atoms with E-state index in [0.717, 1.165) is 4.90 Å². The zero-order valence-corrected chi connectivity index (χ0v) is 13.3. The quantitative estimate of drug-likeness (QED) is 0.582. The van der Waals surface area contributed by atoms with Gasteiger partial charge in [0.25, 0.3) is 0 Å². The topological polar surface area (TPSA) is 103 Å². The van der Waals surface area contributed by atoms with Crippen LogP contribution in [0.5, 0.6) is 0 Å². The Balaban J connectivity index is 2.47. The first-order chi connectivity index (χ1) is 10.4. The largest absolute Gasteiger partial charge is 0.444 e. The Labute approximate surface area is 132 Å². The maximum atomic E-state index is 12.8. The van der Waals surface area contributed by atoms with Gasteiger partial charge in [-0.2, -0.15) is 13.2 Å². The number of nitrogens with zero attached hydrogens (tertiary/aromatic N) is 1. The van der Waals surface area contributed by atoms with Crippen LogP contribution in [0.4, 0.5) is 18.0 Å². The molecule has 0 fully saturated rings. The highest BCUT2D eigenvalue weighted by atomic mass is 19.4. The molecule has 0 aromatic carbocycles. The van der Waals surface area contributed by atoms with Crippen LogP contribution >= 0.6 is 0 Å². The van der Waals surface area contributed by atoms with Crippen LogP contribution in [0.25, 0.3) is 0 Å². The van der Waals surface area contributed by atoms with E-state index in [1.54, 1.807) is 20.8 Å². The monoisotopic (exact) mass is 337 g/mol. The Hall–Kier alpha value is -1.97. The molecule has 0 saturated carbocycles. The molecule has 1 rings (SSSR count). The van der Waals surface area contributed by atoms with E-state index in [1.807, 2.05) is 0 Å². The van der Waals surface area contributed by atoms with Crippen LogP contribution in [-0.2, 0) is 4.74 Å². The second-order valence-electron chi connectivity index (χ2n) is 5.99. The average molecular weight is 337 g/mol. The molecule has 0 bridgehead atoms. The zero-order chi connectivity index (χ0) is 17.8. The summed E-state index contributed by atoms with van der Waals surface area (Å²) in [5.41, 5.74) is 3.94. The molecule has 0 saturated heterocycles. The molecule has 1 aliphatic heterocycles. The van der Waals surface area contributed by atoms with E-state index in [9.17, 15) is 18.0 Å². The normalized spacial score (nSPS) is 19.1. The van der Waals surface area contributed by atoms with Crippen LogP contribution in [0.3, 0.4) is 0 Å². The number of rotatable bonds is 4. The van der Waals surface area contributed by atoms with Crippen molar-refractivity contribution in [2.45, 2.75) is 45.3 Å². The van der Waals surface area contributed by atoms with Crippen molar-refractivity contribution in [1.82, 2.24) is 15.5 Å². The third kappa shape index (κ3) is 5.97. The molecule has 0 aromatic heterocycles. The Morgan fingerprint density at radius 2 is 2.09 bits per heavy atom. The van der Waals surface area contributed by atoms with Gasteiger partial charge in [0, 0.05) is 19.3 Å². The van der Waals surface area contributed by atoms with Gasteiger partial charge in [0.15, 0.2) is 6.29 Å². The number of alkyl halides is 3. The molecule has 1 heterocycles. The molecular weight excluding hydrogens is 315 g/mol. The average Bonchev–Trinajstić information content (AvgIpc) is 2.33. The van der Waals surface area contributed by atoms with Crippen molar-refractivity contribution in [3.8, 4) is 0 Å². The number of carbonyl (C=O) groups excluding carboxylic acids is 1. The second-order valence-corrected chi connectivity index (χ2v) is 5.99. The van der Waals surface area contributed by atoms with E-state index in [1.165, 1.54) is 0 Å². The van der Waals surface area contributed by atoms with E-state index in [-0.39, 0.29) is 13.1 Å². The van der Waals surface area contributed by atoms with Crippen molar-refractivity contribution in [3.05, 3.63) is 11.8 Å². The summed E-state index contributed by atoms with van der Waals surface area (Å²) >= 11 is 0. The van der Waals surface area contributed by atoms with Crippen molar-refractivity contribution in [1.29, 1.82) is 5.41 Å². The molecule has 0 aliphatic carbocycles. The Morgan fingerprint density at radius 1 is 1.48 bits per heavy atom. The Kier molecular flexibility index (Phi) is 5.86. The highest BCUT2D eigenvalue weighted by molar-refractivity contribution is 5.97. The summed E-state index contributed by atoms with van der Waals surface area (Å²) in [6.45, 7) is 5.43. The molecule has 10 heteroatoms. The zero-order valence-electron chi connectivity index (χ0n) is 13.3. The number of amidine groups is 1. The SMILES string of the molecule is CC(C)(C)OC(=O)NCCCN1C(=N)C(C(F)(F)F)=CNC1N. The minimum atomic E-state index is -4.63. The molecule has 0 spiro atoms. The molecule has 1 unspecified atom stereocenters. The van der Waals surface area contributed by atoms with E-state index in [0.29, 0.717) is 12.6 Å². The van der Waals surface area contributed by atoms with Crippen molar-refractivity contribution >= 4 is 11.9 Å². The molecule has 132 valence electrons. The van der Waals surface area contributed by atoms with Gasteiger partial charge in [0.05, 0.1) is 0 Å². The predicted molar refractivity (Wildman–Crippen MR) is 78.5 cm³/mol. The second kappa shape index (κ2) is 7.07. The maximum absolute atomic E-state index is 12.8. The van der Waals surface area contributed by atoms with Crippen molar-refractivity contribution in [2.24, 2.45) is 5.73 Å². The van der Waals surface area contributed by atoms with Crippen LogP contribution in [0.2, 0.25) is 0 Å². The lowest BCUT2D eigenvalue weighted by molar-refractivity contribution is -0.0886. The van der Waals surface area contributed by atoms with E-state index in [4.69, 9.17) is 15.9 Å². The van der Waals surface area contributed by atoms with Crippen LogP contribution in [0.15, 0.2) is 11.8 Å². The third-order valence-electron chi connectivity index (χ3n) is 2.83. The standard InChI is InChI=1S/C13H22F3N5O2/c1-12(2,3)23-11(22)19-5-4-6-21-9(17)8(13(14,15)16)7-20-10(21)18/h7,10,17,20H,4-6,18H2,1-3H3,(H,19,22). The molecule has 1 amide bonds. The minimum Gasteiger partial charge on any atom is -0.444 e. The Bertz CT molecular complexity index is 485. The molecular formula is C13H22F3N5O2. The van der Waals surface area contributed by atoms with Gasteiger partial charge >= 0.3 is 12.3 Å². The molecule has 1 atom stereocenters. The molecule has 23 heavy (non-hydrogen) atoms. The number of amides is 1. The van der Waals surface area contributed by atoms with Gasteiger partial charge in [0.1, 0.15) is 17.0 Å². The van der Waals surface area contributed by atoms with Crippen LogP contribution in [0, 0.1) is 5.41 Å². The fourth-order valence-electron chi connectivity index (χ4n) is 1.84. The number of alkyl carbamates (subject to hydrolysis) is 1. The number of nitrogens with two attached hydrogens (primary N) is 1. The lowest BCUT2D eigenvalue weighted by Crippen LogP contribution is -2.58. The molecule has 5 N–H and O–H groups in total. The van der Waals surface area contributed by atoms with Gasteiger partial charge in [0.2, 0.25) is 0 Å². The van der Waals surface area contributed by atoms with Crippen LogP contribution in [0.1, 0.15) is 27.2 Å². The highest BCUT2D eigenvalue weighted by Crippen LogP contribution is 2.28. The summed E-state index contributed by atoms with van der Waals surface area (Å²) in [4.78, 5) is 12.5. The number of carbonyl (C=O) groups is 1. The van der Waals surface area contributed by atoms with Crippen molar-refractivity contribution < 1.29 is 22.7 Å². The lowest BCUT2D eigenvalue weighted by Gasteiger charge is -2.36. The minimum absolute atomic E-state index is 0.0796. The smallest absolute Gasteiger partial charge is 0.421 e. The number of nitrogens with one attached hydrogen (secondary N) is 3. The summed E-state index contributed by atoms with van der Waals surface area (Å²) in [6, 6.07) is 0. The summed E-state index contributed by atoms with van der Waals surface area (Å²) in [7, 11) is 0. The number of hydrogen-bond donors (Lipinski definition) is 4. The van der Waals surface area contributed by atoms with Crippen LogP contribution in [-0.4, -0.2) is 48.0 Å². The number of halogens is 3. The van der Waals surface area contributed by atoms with Crippen molar-refractivity contribution in [2.75, 3.05) is 13.1 Å². The molecule has 7 nitrogen and oxygen atoms in total. The highest BCUT2D eigenvalue weighted by Gasteiger charge is 2.41. The summed E-state index contributed by atoms with van der Waals surface area (Å²) in [5, 5.41) is 12.5. The summed E-state index contributed by atoms with van der Waals surface area (Å²) in [5.74, 6) is -0.694. The predicted octanol–water partition coefficient (Wildman–Crippen LogP) is 1.47. The van der Waals surface area contributed by atoms with E-state index < -0.39 is 35.6 Å². The number of ether oxygens (including phenoxy) is 1. The van der Waals surface area contributed by atoms with E-state index in [2.05, 4.69) is 10.6 Å². The fourth-order valence-corrected chi connectivity index (χ4v) is 1.84. The molecule has 0 radical (unpaired) electrons. The van der Waals surface area contributed by atoms with Gasteiger partial charge in [-0.1, -0.05) is 0 Å². The fraction of sp³-hybridized carbons (Fsp3) is 0.692. The summed E-state index contributed by atoms with van der Waals surface area (Å²) in [6.07, 6.45) is -5.15. The van der Waals surface area contributed by atoms with Gasteiger partial charge in [-0.15, -0.1) is 0 Å². The van der Waals surface area contributed by atoms with E-state index >= 15 is 0 Å². The maximum Gasteiger partial charge on any atom is 0.421 e. The van der Waals surface area contributed by atoms with Crippen LogP contribution < -0.4 is 16.4 Å². The van der Waals surface area contributed by atoms with Gasteiger partial charge < -0.3 is 20.3 Å². The molecule has 1 aliphatic rings. The van der Waals surface area contributed by atoms with Gasteiger partial charge in [-0.25, -0.2) is 4.79 Å². The van der Waals surface area contributed by atoms with Gasteiger partial charge in [-0.3, -0.25) is 11.1 Å². The number of hydrogen-bond acceptors (Lipinski definition) is 5. The third-order valence-corrected chi connectivity index (χ3v) is 2.83. The Morgan fingerprint density at radius 3 is 2.61 bits per heavy atom. The van der Waals surface area contributed by atoms with Crippen molar-refractivity contribution in [3.63, 3.8) is 0 Å².